The highest BCUT2D eigenvalue weighted by Crippen LogP contribution is 2.23. The van der Waals surface area contributed by atoms with Crippen LogP contribution in [-0.4, -0.2) is 23.0 Å². The van der Waals surface area contributed by atoms with Gasteiger partial charge < -0.3 is 10.6 Å². The number of unbranched alkanes of at least 4 members (excludes halogenated alkanes) is 2. The van der Waals surface area contributed by atoms with Gasteiger partial charge in [-0.25, -0.2) is 4.98 Å². The van der Waals surface area contributed by atoms with Crippen LogP contribution in [0.2, 0.25) is 0 Å². The van der Waals surface area contributed by atoms with Crippen molar-refractivity contribution in [3.05, 3.63) is 22.2 Å². The third-order valence-electron chi connectivity index (χ3n) is 2.50. The Labute approximate surface area is 107 Å². The lowest BCUT2D eigenvalue weighted by Gasteiger charge is -2.08. The van der Waals surface area contributed by atoms with Gasteiger partial charge in [-0.1, -0.05) is 19.8 Å². The molecule has 0 saturated heterocycles. The molecule has 1 rings (SSSR count). The van der Waals surface area contributed by atoms with E-state index < -0.39 is 4.92 Å². The zero-order valence-electron chi connectivity index (χ0n) is 10.9. The van der Waals surface area contributed by atoms with Gasteiger partial charge in [0.15, 0.2) is 0 Å². The first-order valence-electron chi connectivity index (χ1n) is 6.32. The molecular weight excluding hydrogens is 232 g/mol. The molecule has 0 aromatic carbocycles. The van der Waals surface area contributed by atoms with E-state index in [1.807, 2.05) is 6.92 Å². The van der Waals surface area contributed by atoms with Crippen molar-refractivity contribution in [1.29, 1.82) is 0 Å². The number of pyridine rings is 1. The van der Waals surface area contributed by atoms with Gasteiger partial charge in [0.2, 0.25) is 5.82 Å². The van der Waals surface area contributed by atoms with E-state index in [1.165, 1.54) is 6.07 Å². The van der Waals surface area contributed by atoms with E-state index >= 15 is 0 Å². The molecule has 0 aliphatic heterocycles. The Kier molecular flexibility index (Phi) is 5.90. The average Bonchev–Trinajstić information content (AvgIpc) is 2.35. The molecule has 0 aliphatic carbocycles. The summed E-state index contributed by atoms with van der Waals surface area (Å²) in [6, 6.07) is 3.10. The number of aromatic nitrogens is 1. The summed E-state index contributed by atoms with van der Waals surface area (Å²) in [6.07, 6.45) is 3.21. The van der Waals surface area contributed by atoms with E-state index in [4.69, 9.17) is 0 Å². The average molecular weight is 252 g/mol. The summed E-state index contributed by atoms with van der Waals surface area (Å²) in [5, 5.41) is 17.0. The van der Waals surface area contributed by atoms with E-state index in [9.17, 15) is 10.1 Å². The van der Waals surface area contributed by atoms with Gasteiger partial charge in [0.1, 0.15) is 5.82 Å². The van der Waals surface area contributed by atoms with Gasteiger partial charge in [-0.3, -0.25) is 10.1 Å². The third kappa shape index (κ3) is 4.20. The molecule has 2 N–H and O–H groups in total. The van der Waals surface area contributed by atoms with E-state index in [2.05, 4.69) is 22.5 Å². The Balaban J connectivity index is 2.76. The first kappa shape index (κ1) is 14.2. The number of nitrogens with zero attached hydrogens (tertiary/aromatic N) is 2. The predicted molar refractivity (Wildman–Crippen MR) is 73.1 cm³/mol. The second kappa shape index (κ2) is 7.47. The molecule has 0 aliphatic rings. The fourth-order valence-electron chi connectivity index (χ4n) is 1.59. The zero-order chi connectivity index (χ0) is 13.4. The van der Waals surface area contributed by atoms with Crippen LogP contribution in [0.15, 0.2) is 12.1 Å². The largest absolute Gasteiger partial charge is 0.370 e. The number of anilines is 2. The van der Waals surface area contributed by atoms with Crippen LogP contribution in [0.1, 0.15) is 33.1 Å². The van der Waals surface area contributed by atoms with Gasteiger partial charge in [-0.2, -0.15) is 0 Å². The molecule has 1 heterocycles. The first-order chi connectivity index (χ1) is 8.69. The minimum atomic E-state index is -0.412. The third-order valence-corrected chi connectivity index (χ3v) is 2.50. The van der Waals surface area contributed by atoms with E-state index in [1.54, 1.807) is 6.07 Å². The van der Waals surface area contributed by atoms with Crippen molar-refractivity contribution in [2.75, 3.05) is 23.7 Å². The lowest BCUT2D eigenvalue weighted by atomic mass is 10.2. The molecule has 0 radical (unpaired) electrons. The summed E-state index contributed by atoms with van der Waals surface area (Å²) in [5.41, 5.74) is 0.0214. The minimum absolute atomic E-state index is 0.0214. The monoisotopic (exact) mass is 252 g/mol. The lowest BCUT2D eigenvalue weighted by Crippen LogP contribution is -2.08. The van der Waals surface area contributed by atoms with Crippen LogP contribution in [-0.2, 0) is 0 Å². The molecule has 6 heteroatoms. The number of hydrogen-bond acceptors (Lipinski definition) is 5. The number of hydrogen-bond donors (Lipinski definition) is 2. The topological polar surface area (TPSA) is 80.1 Å². The van der Waals surface area contributed by atoms with Gasteiger partial charge in [0.25, 0.3) is 0 Å². The summed E-state index contributed by atoms with van der Waals surface area (Å²) < 4.78 is 0. The standard InChI is InChI=1S/C12H20N4O2/c1-3-5-6-9-14-12-10(16(17)18)7-8-11(15-12)13-4-2/h7-8H,3-6,9H2,1-2H3,(H2,13,14,15). The number of rotatable bonds is 8. The number of nitro groups is 1. The van der Waals surface area contributed by atoms with Crippen molar-refractivity contribution in [2.24, 2.45) is 0 Å². The highest BCUT2D eigenvalue weighted by Gasteiger charge is 2.15. The van der Waals surface area contributed by atoms with Gasteiger partial charge in [-0.15, -0.1) is 0 Å². The minimum Gasteiger partial charge on any atom is -0.370 e. The summed E-state index contributed by atoms with van der Waals surface area (Å²) in [4.78, 5) is 14.7. The second-order valence-electron chi connectivity index (χ2n) is 3.99. The Morgan fingerprint density at radius 3 is 2.67 bits per heavy atom. The number of nitrogens with one attached hydrogen (secondary N) is 2. The van der Waals surface area contributed by atoms with Crippen LogP contribution >= 0.6 is 0 Å². The van der Waals surface area contributed by atoms with Crippen LogP contribution in [0, 0.1) is 10.1 Å². The van der Waals surface area contributed by atoms with Crippen molar-refractivity contribution in [3.63, 3.8) is 0 Å². The maximum absolute atomic E-state index is 10.9. The molecule has 100 valence electrons. The van der Waals surface area contributed by atoms with Gasteiger partial charge in [0.05, 0.1) is 4.92 Å². The lowest BCUT2D eigenvalue weighted by molar-refractivity contribution is -0.384. The summed E-state index contributed by atoms with van der Waals surface area (Å²) in [6.45, 7) is 5.52. The summed E-state index contributed by atoms with van der Waals surface area (Å²) in [5.74, 6) is 0.996. The van der Waals surface area contributed by atoms with Crippen LogP contribution in [0.5, 0.6) is 0 Å². The molecule has 1 aromatic rings. The molecule has 0 atom stereocenters. The molecular formula is C12H20N4O2. The van der Waals surface area contributed by atoms with Crippen LogP contribution < -0.4 is 10.6 Å². The normalized spacial score (nSPS) is 10.1. The maximum atomic E-state index is 10.9. The molecule has 0 bridgehead atoms. The molecule has 0 saturated carbocycles. The Bertz CT molecular complexity index is 396. The molecule has 0 amide bonds. The molecule has 0 fully saturated rings. The molecule has 18 heavy (non-hydrogen) atoms. The van der Waals surface area contributed by atoms with E-state index in [0.717, 1.165) is 25.8 Å². The summed E-state index contributed by atoms with van der Waals surface area (Å²) >= 11 is 0. The molecule has 0 unspecified atom stereocenters. The smallest absolute Gasteiger partial charge is 0.311 e. The van der Waals surface area contributed by atoms with E-state index in [-0.39, 0.29) is 5.69 Å². The van der Waals surface area contributed by atoms with Crippen molar-refractivity contribution in [2.45, 2.75) is 33.1 Å². The first-order valence-corrected chi connectivity index (χ1v) is 6.32. The predicted octanol–water partition coefficient (Wildman–Crippen LogP) is 3.02. The molecule has 0 spiro atoms. The van der Waals surface area contributed by atoms with Gasteiger partial charge in [0, 0.05) is 19.2 Å². The van der Waals surface area contributed by atoms with Gasteiger partial charge in [-0.05, 0) is 19.4 Å². The molecule has 1 aromatic heterocycles. The maximum Gasteiger partial charge on any atom is 0.311 e. The van der Waals surface area contributed by atoms with Crippen molar-refractivity contribution in [1.82, 2.24) is 4.98 Å². The Morgan fingerprint density at radius 1 is 1.28 bits per heavy atom. The fraction of sp³-hybridized carbons (Fsp3) is 0.583. The quantitative estimate of drug-likeness (QED) is 0.422. The zero-order valence-corrected chi connectivity index (χ0v) is 10.9. The fourth-order valence-corrected chi connectivity index (χ4v) is 1.59. The van der Waals surface area contributed by atoms with Crippen molar-refractivity contribution < 1.29 is 4.92 Å². The van der Waals surface area contributed by atoms with Crippen LogP contribution in [0.25, 0.3) is 0 Å². The Morgan fingerprint density at radius 2 is 2.06 bits per heavy atom. The van der Waals surface area contributed by atoms with Crippen molar-refractivity contribution >= 4 is 17.3 Å². The highest BCUT2D eigenvalue weighted by molar-refractivity contribution is 5.60. The molecule has 6 nitrogen and oxygen atoms in total. The van der Waals surface area contributed by atoms with Crippen LogP contribution in [0.4, 0.5) is 17.3 Å². The Hall–Kier alpha value is -1.85. The highest BCUT2D eigenvalue weighted by atomic mass is 16.6. The van der Waals surface area contributed by atoms with Crippen molar-refractivity contribution in [3.8, 4) is 0 Å². The van der Waals surface area contributed by atoms with Gasteiger partial charge >= 0.3 is 5.69 Å². The van der Waals surface area contributed by atoms with Crippen LogP contribution in [0.3, 0.4) is 0 Å². The second-order valence-corrected chi connectivity index (χ2v) is 3.99. The van der Waals surface area contributed by atoms with E-state index in [0.29, 0.717) is 18.2 Å². The summed E-state index contributed by atoms with van der Waals surface area (Å²) in [7, 11) is 0. The SMILES string of the molecule is CCCCCNc1nc(NCC)ccc1[N+](=O)[O-].